The van der Waals surface area contributed by atoms with Crippen LogP contribution in [0, 0.1) is 0 Å². The number of fused-ring (bicyclic) bond motifs is 1. The summed E-state index contributed by atoms with van der Waals surface area (Å²) in [6.07, 6.45) is 2.03. The number of rotatable bonds is 8. The normalized spacial score (nSPS) is 17.3. The van der Waals surface area contributed by atoms with E-state index in [-0.39, 0.29) is 12.5 Å². The molecule has 1 amide bonds. The number of aliphatic hydroxyl groups is 1. The lowest BCUT2D eigenvalue weighted by molar-refractivity contribution is -0.148. The van der Waals surface area contributed by atoms with Crippen LogP contribution in [-0.2, 0) is 10.3 Å². The second-order valence-corrected chi connectivity index (χ2v) is 11.0. The molecule has 2 aromatic heterocycles. The van der Waals surface area contributed by atoms with Gasteiger partial charge in [-0.05, 0) is 28.8 Å². The molecule has 1 saturated heterocycles. The van der Waals surface area contributed by atoms with E-state index < -0.39 is 17.9 Å². The van der Waals surface area contributed by atoms with Crippen LogP contribution in [0.15, 0.2) is 134 Å². The van der Waals surface area contributed by atoms with Gasteiger partial charge in [-0.3, -0.25) is 14.3 Å². The zero-order valence-electron chi connectivity index (χ0n) is 24.5. The molecule has 0 radical (unpaired) electrons. The van der Waals surface area contributed by atoms with E-state index >= 15 is 0 Å². The number of aliphatic hydroxyl groups excluding tert-OH is 1. The highest BCUT2D eigenvalue weighted by Crippen LogP contribution is 2.44. The molecule has 0 bridgehead atoms. The van der Waals surface area contributed by atoms with Gasteiger partial charge in [-0.25, -0.2) is 15.0 Å². The highest BCUT2D eigenvalue weighted by atomic mass is 16.5. The second kappa shape index (κ2) is 12.4. The van der Waals surface area contributed by atoms with Crippen molar-refractivity contribution in [3.05, 3.63) is 156 Å². The maximum absolute atomic E-state index is 12.9. The van der Waals surface area contributed by atoms with Crippen molar-refractivity contribution >= 4 is 22.9 Å². The molecule has 45 heavy (non-hydrogen) atoms. The number of nitrogens with zero attached hydrogens (tertiary/aromatic N) is 5. The molecule has 9 nitrogen and oxygen atoms in total. The number of anilines is 1. The molecule has 4 aromatic carbocycles. The summed E-state index contributed by atoms with van der Waals surface area (Å²) in [7, 11) is 0. The smallest absolute Gasteiger partial charge is 0.256 e. The minimum atomic E-state index is -0.695. The lowest BCUT2D eigenvalue weighted by Gasteiger charge is -2.50. The number of benzene rings is 4. The molecule has 0 unspecified atom stereocenters. The number of aromatic nitrogens is 4. The highest BCUT2D eigenvalue weighted by Gasteiger charge is 2.46. The Balaban J connectivity index is 1.32. The first-order valence-corrected chi connectivity index (χ1v) is 14.9. The van der Waals surface area contributed by atoms with Crippen LogP contribution in [0.3, 0.4) is 0 Å². The van der Waals surface area contributed by atoms with Crippen molar-refractivity contribution in [3.63, 3.8) is 0 Å². The van der Waals surface area contributed by atoms with Gasteiger partial charge in [-0.15, -0.1) is 0 Å². The molecule has 9 heteroatoms. The summed E-state index contributed by atoms with van der Waals surface area (Å²) in [6.45, 7) is 0.767. The third kappa shape index (κ3) is 5.27. The van der Waals surface area contributed by atoms with Crippen molar-refractivity contribution in [2.45, 2.75) is 17.9 Å². The molecular formula is C36H32N6O3. The number of morpholine rings is 1. The van der Waals surface area contributed by atoms with Gasteiger partial charge >= 0.3 is 0 Å². The van der Waals surface area contributed by atoms with Gasteiger partial charge in [0.05, 0.1) is 24.6 Å². The number of hydrogen-bond donors (Lipinski definition) is 2. The lowest BCUT2D eigenvalue weighted by Crippen LogP contribution is -2.57. The quantitative estimate of drug-likeness (QED) is 0.231. The number of hydrogen-bond acceptors (Lipinski definition) is 7. The van der Waals surface area contributed by atoms with Crippen LogP contribution in [-0.4, -0.2) is 61.2 Å². The molecule has 0 spiro atoms. The second-order valence-electron chi connectivity index (χ2n) is 11.0. The average molecular weight is 597 g/mol. The number of amides is 1. The van der Waals surface area contributed by atoms with Gasteiger partial charge in [-0.1, -0.05) is 109 Å². The van der Waals surface area contributed by atoms with Gasteiger partial charge in [0, 0.05) is 18.7 Å². The van der Waals surface area contributed by atoms with Gasteiger partial charge in [0.2, 0.25) is 0 Å². The SMILES string of the molecule is O=C(Nc1ncnc2c1ncn2[C@@H]1CN(C(c2ccccc2)(c2ccccc2)c2ccccc2)C[C@@H](CO)O1)c1ccccc1. The summed E-state index contributed by atoms with van der Waals surface area (Å²) in [4.78, 5) is 28.8. The van der Waals surface area contributed by atoms with E-state index in [1.54, 1.807) is 18.5 Å². The molecule has 7 rings (SSSR count). The third-order valence-corrected chi connectivity index (χ3v) is 8.34. The molecule has 2 atom stereocenters. The largest absolute Gasteiger partial charge is 0.394 e. The van der Waals surface area contributed by atoms with Crippen LogP contribution < -0.4 is 5.32 Å². The number of nitrogens with one attached hydrogen (secondary N) is 1. The summed E-state index contributed by atoms with van der Waals surface area (Å²) in [6, 6.07) is 40.3. The van der Waals surface area contributed by atoms with E-state index in [1.807, 2.05) is 41.0 Å². The molecular weight excluding hydrogens is 564 g/mol. The van der Waals surface area contributed by atoms with Gasteiger partial charge in [0.1, 0.15) is 12.6 Å². The van der Waals surface area contributed by atoms with Gasteiger partial charge in [0.25, 0.3) is 5.91 Å². The Morgan fingerprint density at radius 2 is 1.33 bits per heavy atom. The molecule has 1 fully saturated rings. The van der Waals surface area contributed by atoms with Crippen molar-refractivity contribution in [1.82, 2.24) is 24.4 Å². The van der Waals surface area contributed by atoms with Crippen molar-refractivity contribution < 1.29 is 14.6 Å². The van der Waals surface area contributed by atoms with E-state index in [9.17, 15) is 9.90 Å². The van der Waals surface area contributed by atoms with E-state index in [1.165, 1.54) is 6.33 Å². The summed E-state index contributed by atoms with van der Waals surface area (Å²) < 4.78 is 8.35. The first-order valence-electron chi connectivity index (χ1n) is 14.9. The number of carbonyl (C=O) groups is 1. The molecule has 6 aromatic rings. The Hall–Kier alpha value is -5.22. The van der Waals surface area contributed by atoms with Crippen molar-refractivity contribution in [1.29, 1.82) is 0 Å². The molecule has 0 saturated carbocycles. The Bertz CT molecular complexity index is 1790. The molecule has 1 aliphatic rings. The van der Waals surface area contributed by atoms with Gasteiger partial charge in [0.15, 0.2) is 17.0 Å². The van der Waals surface area contributed by atoms with Crippen LogP contribution in [0.25, 0.3) is 11.2 Å². The van der Waals surface area contributed by atoms with Crippen LogP contribution >= 0.6 is 0 Å². The maximum Gasteiger partial charge on any atom is 0.256 e. The molecule has 2 N–H and O–H groups in total. The first-order chi connectivity index (χ1) is 22.2. The van der Waals surface area contributed by atoms with Crippen LogP contribution in [0.2, 0.25) is 0 Å². The standard InChI is InChI=1S/C36H32N6O3/c43-23-30-21-41(36(27-15-7-2-8-16-27,28-17-9-3-10-18-28)29-19-11-4-12-20-29)22-31(45-30)42-25-39-32-33(37-24-38-34(32)42)40-35(44)26-13-5-1-6-14-26/h1-20,24-25,30-31,43H,21-23H2,(H,37,38,40,44)/t30-,31-/m0/s1. The lowest BCUT2D eigenvalue weighted by atomic mass is 9.75. The summed E-state index contributed by atoms with van der Waals surface area (Å²) in [5.74, 6) is 0.0233. The van der Waals surface area contributed by atoms with E-state index in [2.05, 4.69) is 98.0 Å². The highest BCUT2D eigenvalue weighted by molar-refractivity contribution is 6.06. The number of ether oxygens (including phenoxy) is 1. The monoisotopic (exact) mass is 596 g/mol. The summed E-state index contributed by atoms with van der Waals surface area (Å²) in [5.41, 5.74) is 4.08. The van der Waals surface area contributed by atoms with Gasteiger partial charge < -0.3 is 15.2 Å². The van der Waals surface area contributed by atoms with Gasteiger partial charge in [-0.2, -0.15) is 0 Å². The van der Waals surface area contributed by atoms with E-state index in [0.717, 1.165) is 16.7 Å². The zero-order chi connectivity index (χ0) is 30.6. The van der Waals surface area contributed by atoms with E-state index in [4.69, 9.17) is 4.74 Å². The number of imidazole rings is 1. The van der Waals surface area contributed by atoms with Crippen molar-refractivity contribution in [3.8, 4) is 0 Å². The Morgan fingerprint density at radius 3 is 1.89 bits per heavy atom. The summed E-state index contributed by atoms with van der Waals surface area (Å²) in [5, 5.41) is 13.4. The fraction of sp³-hybridized carbons (Fsp3) is 0.167. The molecule has 1 aliphatic heterocycles. The fourth-order valence-electron chi connectivity index (χ4n) is 6.35. The zero-order valence-corrected chi connectivity index (χ0v) is 24.5. The minimum Gasteiger partial charge on any atom is -0.394 e. The predicted octanol–water partition coefficient (Wildman–Crippen LogP) is 5.26. The van der Waals surface area contributed by atoms with E-state index in [0.29, 0.717) is 35.6 Å². The first kappa shape index (κ1) is 28.5. The Kier molecular flexibility index (Phi) is 7.87. The topological polar surface area (TPSA) is 105 Å². The molecule has 0 aliphatic carbocycles. The third-order valence-electron chi connectivity index (χ3n) is 8.34. The Labute approximate surface area is 260 Å². The molecule has 224 valence electrons. The summed E-state index contributed by atoms with van der Waals surface area (Å²) >= 11 is 0. The van der Waals surface area contributed by atoms with Crippen LogP contribution in [0.5, 0.6) is 0 Å². The van der Waals surface area contributed by atoms with Crippen molar-refractivity contribution in [2.24, 2.45) is 0 Å². The number of carbonyl (C=O) groups excluding carboxylic acids is 1. The predicted molar refractivity (Wildman–Crippen MR) is 171 cm³/mol. The fourth-order valence-corrected chi connectivity index (χ4v) is 6.35. The molecule has 3 heterocycles. The van der Waals surface area contributed by atoms with Crippen LogP contribution in [0.4, 0.5) is 5.82 Å². The Morgan fingerprint density at radius 1 is 0.778 bits per heavy atom. The maximum atomic E-state index is 12.9. The minimum absolute atomic E-state index is 0.165. The van der Waals surface area contributed by atoms with Crippen LogP contribution in [0.1, 0.15) is 33.3 Å². The average Bonchev–Trinajstić information content (AvgIpc) is 3.56. The van der Waals surface area contributed by atoms with Crippen molar-refractivity contribution in [2.75, 3.05) is 25.0 Å².